The second kappa shape index (κ2) is 4.94. The fourth-order valence-corrected chi connectivity index (χ4v) is 1.33. The molecule has 72 valence electrons. The van der Waals surface area contributed by atoms with Crippen LogP contribution >= 0.6 is 0 Å². The fourth-order valence-electron chi connectivity index (χ4n) is 1.33. The van der Waals surface area contributed by atoms with Crippen molar-refractivity contribution >= 4 is 0 Å². The van der Waals surface area contributed by atoms with Crippen LogP contribution in [0.25, 0.3) is 0 Å². The number of ether oxygens (including phenoxy) is 1. The minimum atomic E-state index is -0.148. The lowest BCUT2D eigenvalue weighted by atomic mass is 10.0. The molecular weight excluding hydrogens is 169 g/mol. The van der Waals surface area contributed by atoms with E-state index in [1.54, 1.807) is 12.1 Å². The third-order valence-corrected chi connectivity index (χ3v) is 1.94. The fraction of sp³-hybridized carbons (Fsp3) is 0.400. The van der Waals surface area contributed by atoms with Gasteiger partial charge in [-0.05, 0) is 36.7 Å². The van der Waals surface area contributed by atoms with E-state index in [0.29, 0.717) is 6.61 Å². The number of hydrogen-bond acceptors (Lipinski definition) is 2. The molecule has 13 heavy (non-hydrogen) atoms. The highest BCUT2D eigenvalue weighted by molar-refractivity contribution is 5.28. The standard InChI is InChI=1S/C9H9FO.CH5N/c10-9-2-1-8-6-11-4-3-7(8)5-9;1-2/h1-2,5H,3-4,6H2;2H2,1H3. The molecular formula is C10H14FNO. The van der Waals surface area contributed by atoms with Crippen molar-refractivity contribution in [2.75, 3.05) is 13.7 Å². The number of rotatable bonds is 0. The van der Waals surface area contributed by atoms with Gasteiger partial charge in [-0.3, -0.25) is 0 Å². The summed E-state index contributed by atoms with van der Waals surface area (Å²) in [6.07, 6.45) is 0.840. The summed E-state index contributed by atoms with van der Waals surface area (Å²) in [5, 5.41) is 0. The van der Waals surface area contributed by atoms with Crippen LogP contribution < -0.4 is 5.73 Å². The molecule has 2 N–H and O–H groups in total. The SMILES string of the molecule is CN.Fc1ccc2c(c1)CCOC2. The van der Waals surface area contributed by atoms with Gasteiger partial charge in [0.15, 0.2) is 0 Å². The Morgan fingerprint density at radius 2 is 2.08 bits per heavy atom. The van der Waals surface area contributed by atoms with Gasteiger partial charge in [0.25, 0.3) is 0 Å². The zero-order valence-electron chi connectivity index (χ0n) is 7.72. The summed E-state index contributed by atoms with van der Waals surface area (Å²) < 4.78 is 17.9. The van der Waals surface area contributed by atoms with Crippen molar-refractivity contribution in [2.24, 2.45) is 5.73 Å². The molecule has 0 unspecified atom stereocenters. The number of hydrogen-bond donors (Lipinski definition) is 1. The zero-order valence-corrected chi connectivity index (χ0v) is 7.72. The lowest BCUT2D eigenvalue weighted by Gasteiger charge is -2.15. The molecule has 0 radical (unpaired) electrons. The summed E-state index contributed by atoms with van der Waals surface area (Å²) >= 11 is 0. The summed E-state index contributed by atoms with van der Waals surface area (Å²) in [5.41, 5.74) is 6.72. The summed E-state index contributed by atoms with van der Waals surface area (Å²) in [4.78, 5) is 0. The van der Waals surface area contributed by atoms with Crippen molar-refractivity contribution in [2.45, 2.75) is 13.0 Å². The van der Waals surface area contributed by atoms with Crippen LogP contribution in [0, 0.1) is 5.82 Å². The van der Waals surface area contributed by atoms with Crippen LogP contribution in [0.5, 0.6) is 0 Å². The van der Waals surface area contributed by atoms with Crippen molar-refractivity contribution < 1.29 is 9.13 Å². The van der Waals surface area contributed by atoms with Crippen LogP contribution in [0.1, 0.15) is 11.1 Å². The van der Waals surface area contributed by atoms with Gasteiger partial charge in [-0.1, -0.05) is 6.07 Å². The highest BCUT2D eigenvalue weighted by Gasteiger charge is 2.08. The van der Waals surface area contributed by atoms with Gasteiger partial charge in [-0.25, -0.2) is 4.39 Å². The van der Waals surface area contributed by atoms with E-state index in [1.807, 2.05) is 0 Å². The van der Waals surface area contributed by atoms with Crippen molar-refractivity contribution in [1.82, 2.24) is 0 Å². The lowest BCUT2D eigenvalue weighted by molar-refractivity contribution is 0.110. The topological polar surface area (TPSA) is 35.2 Å². The summed E-state index contributed by atoms with van der Waals surface area (Å²) in [7, 11) is 1.50. The quantitative estimate of drug-likeness (QED) is 0.661. The van der Waals surface area contributed by atoms with E-state index in [4.69, 9.17) is 4.74 Å². The third kappa shape index (κ3) is 2.50. The van der Waals surface area contributed by atoms with E-state index in [-0.39, 0.29) is 5.82 Å². The summed E-state index contributed by atoms with van der Waals surface area (Å²) in [5.74, 6) is -0.148. The number of benzene rings is 1. The van der Waals surface area contributed by atoms with Gasteiger partial charge >= 0.3 is 0 Å². The minimum absolute atomic E-state index is 0.148. The molecule has 2 nitrogen and oxygen atoms in total. The maximum absolute atomic E-state index is 12.7. The average Bonchev–Trinajstić information content (AvgIpc) is 2.21. The van der Waals surface area contributed by atoms with Gasteiger partial charge in [0.05, 0.1) is 13.2 Å². The highest BCUT2D eigenvalue weighted by Crippen LogP contribution is 2.17. The van der Waals surface area contributed by atoms with Gasteiger partial charge in [-0.2, -0.15) is 0 Å². The molecule has 1 aliphatic rings. The molecule has 0 atom stereocenters. The molecule has 1 aliphatic heterocycles. The van der Waals surface area contributed by atoms with Crippen molar-refractivity contribution in [3.63, 3.8) is 0 Å². The maximum atomic E-state index is 12.7. The van der Waals surface area contributed by atoms with Gasteiger partial charge in [0.1, 0.15) is 5.82 Å². The Balaban J connectivity index is 0.000000396. The van der Waals surface area contributed by atoms with Crippen molar-refractivity contribution in [1.29, 1.82) is 0 Å². The number of nitrogens with two attached hydrogens (primary N) is 1. The normalized spacial score (nSPS) is 14.1. The molecule has 0 aromatic heterocycles. The summed E-state index contributed by atoms with van der Waals surface area (Å²) in [6.45, 7) is 1.35. The van der Waals surface area contributed by atoms with Crippen LogP contribution in [0.3, 0.4) is 0 Å². The lowest BCUT2D eigenvalue weighted by Crippen LogP contribution is -2.09. The Bertz CT molecular complexity index is 276. The Morgan fingerprint density at radius 1 is 1.31 bits per heavy atom. The Hall–Kier alpha value is -0.930. The first-order valence-corrected chi connectivity index (χ1v) is 4.29. The molecule has 0 amide bonds. The largest absolute Gasteiger partial charge is 0.376 e. The smallest absolute Gasteiger partial charge is 0.123 e. The molecule has 0 saturated heterocycles. The Morgan fingerprint density at radius 3 is 2.85 bits per heavy atom. The first-order chi connectivity index (χ1) is 6.36. The first kappa shape index (κ1) is 10.2. The van der Waals surface area contributed by atoms with E-state index in [2.05, 4.69) is 5.73 Å². The predicted octanol–water partition coefficient (Wildman–Crippen LogP) is 1.47. The molecule has 0 aliphatic carbocycles. The molecule has 0 saturated carbocycles. The zero-order chi connectivity index (χ0) is 9.68. The van der Waals surface area contributed by atoms with Gasteiger partial charge < -0.3 is 10.5 Å². The van der Waals surface area contributed by atoms with Crippen LogP contribution in [-0.2, 0) is 17.8 Å². The van der Waals surface area contributed by atoms with E-state index < -0.39 is 0 Å². The van der Waals surface area contributed by atoms with Gasteiger partial charge in [-0.15, -0.1) is 0 Å². The van der Waals surface area contributed by atoms with Gasteiger partial charge in [0, 0.05) is 0 Å². The van der Waals surface area contributed by atoms with Gasteiger partial charge in [0.2, 0.25) is 0 Å². The van der Waals surface area contributed by atoms with Crippen LogP contribution in [0.2, 0.25) is 0 Å². The molecule has 1 aromatic carbocycles. The molecule has 0 fully saturated rings. The molecule has 3 heteroatoms. The van der Waals surface area contributed by atoms with E-state index in [9.17, 15) is 4.39 Å². The van der Waals surface area contributed by atoms with Crippen molar-refractivity contribution in [3.05, 3.63) is 35.1 Å². The van der Waals surface area contributed by atoms with Crippen LogP contribution in [0.15, 0.2) is 18.2 Å². The third-order valence-electron chi connectivity index (χ3n) is 1.94. The second-order valence-corrected chi connectivity index (χ2v) is 2.72. The minimum Gasteiger partial charge on any atom is -0.376 e. The Labute approximate surface area is 77.5 Å². The predicted molar refractivity (Wildman–Crippen MR) is 49.9 cm³/mol. The van der Waals surface area contributed by atoms with Crippen LogP contribution in [-0.4, -0.2) is 13.7 Å². The molecule has 1 heterocycles. The van der Waals surface area contributed by atoms with Crippen LogP contribution in [0.4, 0.5) is 4.39 Å². The molecule has 2 rings (SSSR count). The second-order valence-electron chi connectivity index (χ2n) is 2.72. The summed E-state index contributed by atoms with van der Waals surface area (Å²) in [6, 6.07) is 4.87. The molecule has 0 spiro atoms. The van der Waals surface area contributed by atoms with E-state index >= 15 is 0 Å². The molecule has 0 bridgehead atoms. The molecule has 1 aromatic rings. The Kier molecular flexibility index (Phi) is 3.86. The number of halogens is 1. The monoisotopic (exact) mass is 183 g/mol. The highest BCUT2D eigenvalue weighted by atomic mass is 19.1. The van der Waals surface area contributed by atoms with Crippen molar-refractivity contribution in [3.8, 4) is 0 Å². The number of fused-ring (bicyclic) bond motifs is 1. The van der Waals surface area contributed by atoms with E-state index in [0.717, 1.165) is 24.2 Å². The van der Waals surface area contributed by atoms with E-state index in [1.165, 1.54) is 13.1 Å². The first-order valence-electron chi connectivity index (χ1n) is 4.29. The maximum Gasteiger partial charge on any atom is 0.123 e. The average molecular weight is 183 g/mol.